The number of halogens is 5. The Morgan fingerprint density at radius 2 is 0.823 bits per heavy atom. The van der Waals surface area contributed by atoms with Gasteiger partial charge in [-0.1, -0.05) is 110 Å². The Kier molecular flexibility index (Phi) is 28.0. The van der Waals surface area contributed by atoms with Crippen LogP contribution < -0.4 is 11.1 Å². The first-order chi connectivity index (χ1) is 45.5. The second kappa shape index (κ2) is 35.7. The lowest BCUT2D eigenvalue weighted by Crippen LogP contribution is -2.33. The van der Waals surface area contributed by atoms with E-state index >= 15 is 0 Å². The minimum atomic E-state index is -0.648. The Labute approximate surface area is 597 Å². The van der Waals surface area contributed by atoms with E-state index in [0.717, 1.165) is 94.3 Å². The molecule has 6 heterocycles. The number of amides is 1. The summed E-state index contributed by atoms with van der Waals surface area (Å²) in [7, 11) is 0. The van der Waals surface area contributed by atoms with Crippen LogP contribution in [0.2, 0.25) is 0 Å². The van der Waals surface area contributed by atoms with E-state index in [1.807, 2.05) is 161 Å². The van der Waals surface area contributed by atoms with Crippen LogP contribution >= 0.6 is 79.6 Å². The largest absolute Gasteiger partial charge is 0.466 e. The van der Waals surface area contributed by atoms with Crippen LogP contribution in [0.25, 0.3) is 54.5 Å². The van der Waals surface area contributed by atoms with Gasteiger partial charge in [-0.2, -0.15) is 0 Å². The lowest BCUT2D eigenvalue weighted by Gasteiger charge is -2.19. The Bertz CT molecular complexity index is 4550. The molecule has 0 saturated carbocycles. The quantitative estimate of drug-likeness (QED) is 0.0517. The SMILES string of the molecule is CC(C)(C)OC(=O)CC(=O)NCC(=O)Cc1ccc2cc(Br)ccc2n1.CC(C)(C)OC(=O)Cc1nnc(Cc2ccc3cc(Br)ccc3n2)o1.CCOC(=O)Cc1ccc2cc(Br)ccc2n1.Cc1ccc2cc(Br)ccc2n1.NCC(=O)Cc1ccc2cc(Br)ccc2n1. The smallest absolute Gasteiger partial charge is 0.315 e. The minimum absolute atomic E-state index is 0.00367. The second-order valence-electron chi connectivity index (χ2n) is 23.5. The van der Waals surface area contributed by atoms with Gasteiger partial charge in [0.2, 0.25) is 17.7 Å². The van der Waals surface area contributed by atoms with Gasteiger partial charge < -0.3 is 29.7 Å². The molecule has 498 valence electrons. The molecule has 24 heteroatoms. The van der Waals surface area contributed by atoms with E-state index < -0.39 is 35.5 Å². The Balaban J connectivity index is 0.000000174. The van der Waals surface area contributed by atoms with E-state index in [-0.39, 0.29) is 55.8 Å². The molecule has 0 bridgehead atoms. The van der Waals surface area contributed by atoms with Crippen LogP contribution in [-0.2, 0) is 75.1 Å². The molecule has 96 heavy (non-hydrogen) atoms. The van der Waals surface area contributed by atoms with Crippen molar-refractivity contribution in [3.8, 4) is 0 Å². The summed E-state index contributed by atoms with van der Waals surface area (Å²) in [5.41, 5.74) is 12.6. The molecule has 0 spiro atoms. The maximum atomic E-state index is 12.0. The number of Topliss-reactive ketones (excluding diaryl/α,β-unsaturated/α-hetero) is 2. The average molecular weight is 1620 g/mol. The zero-order valence-corrected chi connectivity index (χ0v) is 61.9. The number of fused-ring (bicyclic) bond motifs is 5. The fraction of sp³-hybridized carbons (Fsp3) is 0.264. The molecule has 6 aromatic heterocycles. The Hall–Kier alpha value is -8.13. The summed E-state index contributed by atoms with van der Waals surface area (Å²) in [5.74, 6) is -1.31. The van der Waals surface area contributed by atoms with Crippen LogP contribution in [0, 0.1) is 6.92 Å². The first-order valence-corrected chi connectivity index (χ1v) is 34.1. The van der Waals surface area contributed by atoms with Crippen LogP contribution in [0.5, 0.6) is 0 Å². The molecular weight excluding hydrogens is 1550 g/mol. The molecule has 11 aromatic rings. The maximum absolute atomic E-state index is 12.0. The van der Waals surface area contributed by atoms with Crippen LogP contribution in [0.3, 0.4) is 0 Å². The van der Waals surface area contributed by atoms with E-state index in [9.17, 15) is 28.8 Å². The van der Waals surface area contributed by atoms with Gasteiger partial charge in [-0.15, -0.1) is 10.2 Å². The van der Waals surface area contributed by atoms with Crippen molar-refractivity contribution in [3.05, 3.63) is 214 Å². The highest BCUT2D eigenvalue weighted by molar-refractivity contribution is 9.11. The summed E-state index contributed by atoms with van der Waals surface area (Å²) >= 11 is 17.1. The molecule has 0 aliphatic carbocycles. The van der Waals surface area contributed by atoms with E-state index in [0.29, 0.717) is 31.0 Å². The van der Waals surface area contributed by atoms with Crippen molar-refractivity contribution < 1.29 is 47.4 Å². The van der Waals surface area contributed by atoms with Gasteiger partial charge in [0, 0.05) is 66.4 Å². The Morgan fingerprint density at radius 1 is 0.448 bits per heavy atom. The summed E-state index contributed by atoms with van der Waals surface area (Å²) in [6.45, 7) is 14.7. The summed E-state index contributed by atoms with van der Waals surface area (Å²) in [6, 6.07) is 48.8. The van der Waals surface area contributed by atoms with Crippen molar-refractivity contribution >= 4 is 170 Å². The zero-order chi connectivity index (χ0) is 69.7. The van der Waals surface area contributed by atoms with Gasteiger partial charge in [-0.05, 0) is 177 Å². The second-order valence-corrected chi connectivity index (χ2v) is 28.1. The predicted molar refractivity (Wildman–Crippen MR) is 389 cm³/mol. The number of nitrogens with two attached hydrogens (primary N) is 1. The van der Waals surface area contributed by atoms with Gasteiger partial charge in [0.05, 0.1) is 84.4 Å². The number of rotatable bonds is 16. The molecule has 0 aliphatic rings. The van der Waals surface area contributed by atoms with E-state index in [4.69, 9.17) is 24.4 Å². The first kappa shape index (κ1) is 75.3. The van der Waals surface area contributed by atoms with Crippen molar-refractivity contribution in [3.63, 3.8) is 0 Å². The minimum Gasteiger partial charge on any atom is -0.466 e. The lowest BCUT2D eigenvalue weighted by atomic mass is 10.1. The van der Waals surface area contributed by atoms with Crippen molar-refractivity contribution in [2.45, 2.75) is 105 Å². The third-order valence-corrected chi connectivity index (χ3v) is 15.5. The molecule has 1 amide bonds. The number of nitrogens with one attached hydrogen (secondary N) is 1. The normalized spacial score (nSPS) is 11.0. The molecule has 0 atom stereocenters. The molecule has 19 nitrogen and oxygen atoms in total. The summed E-state index contributed by atoms with van der Waals surface area (Å²) in [6.07, 6.45) is 0.603. The molecule has 3 N–H and O–H groups in total. The van der Waals surface area contributed by atoms with Crippen LogP contribution in [-0.4, -0.2) is 101 Å². The number of benzene rings is 5. The fourth-order valence-electron chi connectivity index (χ4n) is 8.90. The third-order valence-electron chi connectivity index (χ3n) is 13.0. The molecular formula is C72H70Br5N9O10. The molecule has 0 fully saturated rings. The topological polar surface area (TPSA) is 272 Å². The summed E-state index contributed by atoms with van der Waals surface area (Å²) in [4.78, 5) is 91.9. The lowest BCUT2D eigenvalue weighted by molar-refractivity contribution is -0.157. The van der Waals surface area contributed by atoms with Crippen molar-refractivity contribution in [2.24, 2.45) is 5.73 Å². The number of carbonyl (C=O) groups excluding carboxylic acids is 6. The highest BCUT2D eigenvalue weighted by Gasteiger charge is 2.21. The van der Waals surface area contributed by atoms with Gasteiger partial charge in [-0.3, -0.25) is 53.7 Å². The number of pyridine rings is 5. The third kappa shape index (κ3) is 25.8. The monoisotopic (exact) mass is 1620 g/mol. The highest BCUT2D eigenvalue weighted by atomic mass is 79.9. The highest BCUT2D eigenvalue weighted by Crippen LogP contribution is 2.24. The maximum Gasteiger partial charge on any atom is 0.315 e. The van der Waals surface area contributed by atoms with E-state index in [2.05, 4.69) is 132 Å². The van der Waals surface area contributed by atoms with Gasteiger partial charge in [0.25, 0.3) is 0 Å². The first-order valence-electron chi connectivity index (χ1n) is 30.2. The van der Waals surface area contributed by atoms with Gasteiger partial charge >= 0.3 is 17.9 Å². The van der Waals surface area contributed by atoms with Crippen molar-refractivity contribution in [1.29, 1.82) is 0 Å². The number of ketones is 2. The number of ether oxygens (including phenoxy) is 3. The number of carbonyl (C=O) groups is 6. The van der Waals surface area contributed by atoms with Crippen molar-refractivity contribution in [2.75, 3.05) is 19.7 Å². The number of esters is 3. The molecule has 11 rings (SSSR count). The standard InChI is InChI=1S/C19H21BrN2O4.C18H18BrN3O3.C13H12BrNO2.C12H11BrN2O.C10H8BrN/c1-19(2,3)26-18(25)10-17(24)21-11-15(23)9-14-6-4-12-8-13(20)5-7-16(12)22-14;1-18(2,3)25-17(23)10-16-22-21-15(24-16)9-13-6-4-11-8-12(19)5-7-14(11)20-13;1-2-17-13(16)8-11-5-3-9-7-10(14)4-6-12(9)15-11;13-9-2-4-12-8(5-9)1-3-10(15-12)6-11(16)7-14;1-7-2-3-8-6-9(11)4-5-10(8)12-7/h4-8H,9-11H2,1-3H3,(H,21,24);4-8H,9-10H2,1-3H3;3-7H,2,8H2,1H3;1-5H,6-7,14H2;2-6H,1H3. The Morgan fingerprint density at radius 3 is 1.25 bits per heavy atom. The van der Waals surface area contributed by atoms with Crippen LogP contribution in [0.1, 0.15) is 95.1 Å². The van der Waals surface area contributed by atoms with Crippen LogP contribution in [0.4, 0.5) is 0 Å². The van der Waals surface area contributed by atoms with Crippen LogP contribution in [0.15, 0.2) is 178 Å². The molecule has 0 aliphatic heterocycles. The van der Waals surface area contributed by atoms with Gasteiger partial charge in [0.1, 0.15) is 24.0 Å². The number of nitrogens with zero attached hydrogens (tertiary/aromatic N) is 7. The molecule has 0 saturated heterocycles. The summed E-state index contributed by atoms with van der Waals surface area (Å²) < 4.78 is 25.8. The van der Waals surface area contributed by atoms with E-state index in [1.165, 1.54) is 5.39 Å². The summed E-state index contributed by atoms with van der Waals surface area (Å²) in [5, 5.41) is 15.6. The number of aromatic nitrogens is 7. The number of hydrogen-bond acceptors (Lipinski definition) is 18. The fourth-order valence-corrected chi connectivity index (χ4v) is 10.8. The number of hydrogen-bond donors (Lipinski definition) is 2. The molecule has 0 radical (unpaired) electrons. The average Bonchev–Trinajstić information content (AvgIpc) is 1.00. The van der Waals surface area contributed by atoms with E-state index in [1.54, 1.807) is 33.8 Å². The van der Waals surface area contributed by atoms with Crippen molar-refractivity contribution in [1.82, 2.24) is 40.4 Å². The predicted octanol–water partition coefficient (Wildman–Crippen LogP) is 15.3. The van der Waals surface area contributed by atoms with Gasteiger partial charge in [-0.25, -0.2) is 0 Å². The molecule has 0 unspecified atom stereocenters. The zero-order valence-electron chi connectivity index (χ0n) is 54.0. The van der Waals surface area contributed by atoms with Gasteiger partial charge in [0.15, 0.2) is 11.6 Å². The molecule has 5 aromatic carbocycles. The number of aryl methyl sites for hydroxylation is 1.